The molecule has 2 heterocycles. The van der Waals surface area contributed by atoms with E-state index in [0.717, 1.165) is 35.7 Å². The summed E-state index contributed by atoms with van der Waals surface area (Å²) in [5.74, 6) is 0.858. The number of nitrogens with zero attached hydrogens (tertiary/aromatic N) is 3. The third-order valence-electron chi connectivity index (χ3n) is 5.39. The minimum Gasteiger partial charge on any atom is -0.342 e. The summed E-state index contributed by atoms with van der Waals surface area (Å²) in [6, 6.07) is 5.67. The fourth-order valence-electron chi connectivity index (χ4n) is 3.78. The van der Waals surface area contributed by atoms with Crippen molar-refractivity contribution in [1.29, 1.82) is 0 Å². The monoisotopic (exact) mass is 412 g/mol. The molecule has 160 valence electrons. The molecule has 0 aliphatic carbocycles. The number of hydrogen-bond donors (Lipinski definition) is 1. The van der Waals surface area contributed by atoms with Gasteiger partial charge in [0, 0.05) is 48.1 Å². The minimum atomic E-state index is -0.347. The number of aromatic nitrogens is 2. The molecule has 3 rings (SSSR count). The van der Waals surface area contributed by atoms with Crippen LogP contribution in [0.2, 0.25) is 0 Å². The highest BCUT2D eigenvalue weighted by atomic mass is 19.1. The average Bonchev–Trinajstić information content (AvgIpc) is 3.16. The fourth-order valence-corrected chi connectivity index (χ4v) is 3.78. The maximum Gasteiger partial charge on any atom is 0.228 e. The highest BCUT2D eigenvalue weighted by Crippen LogP contribution is 2.27. The van der Waals surface area contributed by atoms with E-state index in [4.69, 9.17) is 0 Å². The van der Waals surface area contributed by atoms with Gasteiger partial charge >= 0.3 is 0 Å². The third kappa shape index (κ3) is 5.40. The summed E-state index contributed by atoms with van der Waals surface area (Å²) < 4.78 is 13.0. The summed E-state index contributed by atoms with van der Waals surface area (Å²) in [6.45, 7) is 9.25. The molecule has 30 heavy (non-hydrogen) atoms. The first-order chi connectivity index (χ1) is 14.2. The smallest absolute Gasteiger partial charge is 0.228 e. The zero-order valence-electron chi connectivity index (χ0n) is 18.0. The Balaban J connectivity index is 1.66. The largest absolute Gasteiger partial charge is 0.342 e. The molecular formula is C23H29FN4O2. The lowest BCUT2D eigenvalue weighted by Gasteiger charge is -2.18. The molecule has 1 N–H and O–H groups in total. The van der Waals surface area contributed by atoms with Gasteiger partial charge in [-0.3, -0.25) is 9.59 Å². The quantitative estimate of drug-likeness (QED) is 0.784. The van der Waals surface area contributed by atoms with Gasteiger partial charge in [0.05, 0.1) is 6.42 Å². The summed E-state index contributed by atoms with van der Waals surface area (Å²) in [5.41, 5.74) is 2.90. The number of rotatable bonds is 6. The van der Waals surface area contributed by atoms with E-state index in [2.05, 4.69) is 15.3 Å². The lowest BCUT2D eigenvalue weighted by molar-refractivity contribution is -0.130. The van der Waals surface area contributed by atoms with E-state index in [1.807, 2.05) is 32.6 Å². The summed E-state index contributed by atoms with van der Waals surface area (Å²) >= 11 is 0. The van der Waals surface area contributed by atoms with Crippen LogP contribution in [0.25, 0.3) is 0 Å². The Morgan fingerprint density at radius 2 is 1.80 bits per heavy atom. The molecule has 6 nitrogen and oxygen atoms in total. The van der Waals surface area contributed by atoms with Crippen LogP contribution >= 0.6 is 0 Å². The summed E-state index contributed by atoms with van der Waals surface area (Å²) in [5, 5.41) is 2.77. The van der Waals surface area contributed by atoms with Crippen molar-refractivity contribution in [3.63, 3.8) is 0 Å². The van der Waals surface area contributed by atoms with Gasteiger partial charge in [0.1, 0.15) is 11.6 Å². The van der Waals surface area contributed by atoms with Crippen molar-refractivity contribution in [3.8, 4) is 0 Å². The van der Waals surface area contributed by atoms with E-state index < -0.39 is 0 Å². The Morgan fingerprint density at radius 3 is 2.40 bits per heavy atom. The Labute approximate surface area is 176 Å². The Bertz CT molecular complexity index is 904. The van der Waals surface area contributed by atoms with Crippen LogP contribution in [-0.2, 0) is 16.0 Å². The van der Waals surface area contributed by atoms with Crippen molar-refractivity contribution >= 4 is 17.5 Å². The van der Waals surface area contributed by atoms with Crippen molar-refractivity contribution in [2.75, 3.05) is 18.4 Å². The van der Waals surface area contributed by atoms with Crippen LogP contribution in [0.3, 0.4) is 0 Å². The molecule has 1 aliphatic heterocycles. The highest BCUT2D eigenvalue weighted by molar-refractivity contribution is 5.92. The van der Waals surface area contributed by atoms with Crippen LogP contribution in [0, 0.1) is 25.6 Å². The van der Waals surface area contributed by atoms with E-state index in [1.54, 1.807) is 0 Å². The molecule has 1 atom stereocenters. The number of aryl methyl sites for hydroxylation is 2. The van der Waals surface area contributed by atoms with Crippen LogP contribution in [0.15, 0.2) is 24.3 Å². The van der Waals surface area contributed by atoms with Gasteiger partial charge in [-0.2, -0.15) is 0 Å². The number of carbonyl (C=O) groups excluding carboxylic acids is 2. The number of anilines is 1. The van der Waals surface area contributed by atoms with Gasteiger partial charge in [0.2, 0.25) is 11.8 Å². The van der Waals surface area contributed by atoms with Crippen molar-refractivity contribution < 1.29 is 14.0 Å². The van der Waals surface area contributed by atoms with Crippen molar-refractivity contribution in [2.45, 2.75) is 52.9 Å². The SMILES string of the molecule is Cc1nc([C@@H]2CCN(C(=O)CC(C)C)C2)nc(C)c1CC(=O)Nc1ccc(F)cc1. The second-order valence-electron chi connectivity index (χ2n) is 8.39. The second-order valence-corrected chi connectivity index (χ2v) is 8.39. The molecule has 1 saturated heterocycles. The van der Waals surface area contributed by atoms with Crippen molar-refractivity contribution in [3.05, 3.63) is 52.9 Å². The van der Waals surface area contributed by atoms with Crippen LogP contribution < -0.4 is 5.32 Å². The first-order valence-corrected chi connectivity index (χ1v) is 10.4. The topological polar surface area (TPSA) is 75.2 Å². The third-order valence-corrected chi connectivity index (χ3v) is 5.39. The molecule has 1 aliphatic rings. The minimum absolute atomic E-state index is 0.126. The van der Waals surface area contributed by atoms with E-state index >= 15 is 0 Å². The molecule has 0 bridgehead atoms. The fraction of sp³-hybridized carbons (Fsp3) is 0.478. The Kier molecular flexibility index (Phi) is 6.80. The van der Waals surface area contributed by atoms with Crippen molar-refractivity contribution in [2.24, 2.45) is 5.92 Å². The standard InChI is InChI=1S/C23H29FN4O2/c1-14(2)11-22(30)28-10-9-17(13-28)23-25-15(3)20(16(4)26-23)12-21(29)27-19-7-5-18(24)6-8-19/h5-8,14,17H,9-13H2,1-4H3,(H,27,29)/t17-/m1/s1. The predicted molar refractivity (Wildman–Crippen MR) is 114 cm³/mol. The van der Waals surface area contributed by atoms with Crippen LogP contribution in [0.4, 0.5) is 10.1 Å². The van der Waals surface area contributed by atoms with Gasteiger partial charge in [-0.1, -0.05) is 13.8 Å². The number of halogens is 1. The number of amides is 2. The molecule has 1 aromatic heterocycles. The van der Waals surface area contributed by atoms with Gasteiger partial charge in [-0.25, -0.2) is 14.4 Å². The molecule has 2 amide bonds. The summed E-state index contributed by atoms with van der Waals surface area (Å²) in [6.07, 6.45) is 1.57. The molecule has 0 radical (unpaired) electrons. The molecule has 7 heteroatoms. The molecular weight excluding hydrogens is 383 g/mol. The van der Waals surface area contributed by atoms with Gasteiger partial charge in [0.15, 0.2) is 0 Å². The summed E-state index contributed by atoms with van der Waals surface area (Å²) in [4.78, 5) is 36.0. The molecule has 2 aromatic rings. The zero-order chi connectivity index (χ0) is 21.8. The zero-order valence-corrected chi connectivity index (χ0v) is 18.0. The molecule has 0 spiro atoms. The van der Waals surface area contributed by atoms with Crippen LogP contribution in [-0.4, -0.2) is 39.8 Å². The second kappa shape index (κ2) is 9.32. The number of benzene rings is 1. The average molecular weight is 413 g/mol. The van der Waals surface area contributed by atoms with Gasteiger partial charge in [-0.05, 0) is 50.5 Å². The van der Waals surface area contributed by atoms with E-state index in [9.17, 15) is 14.0 Å². The number of likely N-dealkylation sites (tertiary alicyclic amines) is 1. The maximum absolute atomic E-state index is 13.0. The van der Waals surface area contributed by atoms with Gasteiger partial charge < -0.3 is 10.2 Å². The maximum atomic E-state index is 13.0. The first kappa shape index (κ1) is 21.9. The number of nitrogens with one attached hydrogen (secondary N) is 1. The highest BCUT2D eigenvalue weighted by Gasteiger charge is 2.30. The predicted octanol–water partition coefficient (Wildman–Crippen LogP) is 3.78. The molecule has 1 fully saturated rings. The molecule has 1 aromatic carbocycles. The molecule has 0 unspecified atom stereocenters. The lowest BCUT2D eigenvalue weighted by atomic mass is 10.0. The number of carbonyl (C=O) groups is 2. The molecule has 0 saturated carbocycles. The first-order valence-electron chi connectivity index (χ1n) is 10.4. The lowest BCUT2D eigenvalue weighted by Crippen LogP contribution is -2.29. The van der Waals surface area contributed by atoms with E-state index in [-0.39, 0.29) is 30.0 Å². The van der Waals surface area contributed by atoms with Gasteiger partial charge in [0.25, 0.3) is 0 Å². The van der Waals surface area contributed by atoms with Gasteiger partial charge in [-0.15, -0.1) is 0 Å². The normalized spacial score (nSPS) is 16.2. The Hall–Kier alpha value is -2.83. The van der Waals surface area contributed by atoms with Crippen LogP contribution in [0.5, 0.6) is 0 Å². The Morgan fingerprint density at radius 1 is 1.17 bits per heavy atom. The van der Waals surface area contributed by atoms with E-state index in [0.29, 0.717) is 24.6 Å². The van der Waals surface area contributed by atoms with Crippen molar-refractivity contribution in [1.82, 2.24) is 14.9 Å². The number of hydrogen-bond acceptors (Lipinski definition) is 4. The summed E-state index contributed by atoms with van der Waals surface area (Å²) in [7, 11) is 0. The van der Waals surface area contributed by atoms with Crippen LogP contribution in [0.1, 0.15) is 55.4 Å². The van der Waals surface area contributed by atoms with E-state index in [1.165, 1.54) is 24.3 Å².